The van der Waals surface area contributed by atoms with Crippen molar-refractivity contribution in [3.63, 3.8) is 0 Å². The molecule has 1 aliphatic rings. The summed E-state index contributed by atoms with van der Waals surface area (Å²) < 4.78 is 0.910. The molecule has 27 heavy (non-hydrogen) atoms. The van der Waals surface area contributed by atoms with Crippen molar-refractivity contribution >= 4 is 21.8 Å². The van der Waals surface area contributed by atoms with Crippen molar-refractivity contribution in [1.29, 1.82) is 0 Å². The number of halogens is 1. The Morgan fingerprint density at radius 1 is 1.22 bits per heavy atom. The van der Waals surface area contributed by atoms with Crippen LogP contribution in [0.15, 0.2) is 46.9 Å². The first kappa shape index (κ1) is 20.1. The molecule has 0 saturated heterocycles. The average Bonchev–Trinajstić information content (AvgIpc) is 2.62. The summed E-state index contributed by atoms with van der Waals surface area (Å²) in [7, 11) is 0. The number of benzene rings is 2. The molecule has 1 heterocycles. The summed E-state index contributed by atoms with van der Waals surface area (Å²) in [5.74, 6) is -0.00670. The number of aliphatic hydroxyl groups is 2. The molecular formula is C22H26BrNO3. The number of rotatable bonds is 4. The Balaban J connectivity index is 1.96. The molecule has 1 aliphatic heterocycles. The Bertz CT molecular complexity index is 844. The molecule has 0 aliphatic carbocycles. The van der Waals surface area contributed by atoms with Crippen LogP contribution in [0.4, 0.5) is 0 Å². The molecule has 4 nitrogen and oxygen atoms in total. The van der Waals surface area contributed by atoms with Crippen LogP contribution in [0.25, 0.3) is 0 Å². The molecule has 2 N–H and O–H groups in total. The third kappa shape index (κ3) is 3.96. The molecule has 2 aromatic carbocycles. The van der Waals surface area contributed by atoms with Gasteiger partial charge in [-0.2, -0.15) is 0 Å². The van der Waals surface area contributed by atoms with Gasteiger partial charge in [-0.15, -0.1) is 0 Å². The number of hydrogen-bond acceptors (Lipinski definition) is 3. The highest BCUT2D eigenvalue weighted by atomic mass is 79.9. The molecular weight excluding hydrogens is 406 g/mol. The fraction of sp³-hybridized carbons (Fsp3) is 0.409. The Morgan fingerprint density at radius 3 is 2.56 bits per heavy atom. The van der Waals surface area contributed by atoms with Gasteiger partial charge in [0.25, 0.3) is 0 Å². The van der Waals surface area contributed by atoms with Crippen LogP contribution in [0.3, 0.4) is 0 Å². The van der Waals surface area contributed by atoms with Gasteiger partial charge in [-0.3, -0.25) is 4.79 Å². The molecule has 0 radical (unpaired) electrons. The van der Waals surface area contributed by atoms with Gasteiger partial charge in [0.2, 0.25) is 5.91 Å². The molecule has 0 aromatic heterocycles. The second-order valence-electron chi connectivity index (χ2n) is 7.72. The Hall–Kier alpha value is -1.69. The minimum absolute atomic E-state index is 0.00670. The van der Waals surface area contributed by atoms with Crippen molar-refractivity contribution in [1.82, 2.24) is 4.90 Å². The molecule has 1 amide bonds. The van der Waals surface area contributed by atoms with E-state index in [1.165, 1.54) is 0 Å². The first-order valence-corrected chi connectivity index (χ1v) is 10.0. The van der Waals surface area contributed by atoms with Crippen LogP contribution in [0.2, 0.25) is 0 Å². The number of fused-ring (bicyclic) bond motifs is 1. The van der Waals surface area contributed by atoms with Crippen LogP contribution in [0.1, 0.15) is 49.1 Å². The summed E-state index contributed by atoms with van der Waals surface area (Å²) in [5, 5.41) is 20.5. The molecule has 2 atom stereocenters. The van der Waals surface area contributed by atoms with Gasteiger partial charge >= 0.3 is 0 Å². The number of carbonyl (C=O) groups excluding carboxylic acids is 1. The summed E-state index contributed by atoms with van der Waals surface area (Å²) in [6.45, 7) is 5.43. The van der Waals surface area contributed by atoms with Crippen LogP contribution >= 0.6 is 15.9 Å². The van der Waals surface area contributed by atoms with Gasteiger partial charge < -0.3 is 15.1 Å². The van der Waals surface area contributed by atoms with Crippen LogP contribution in [-0.2, 0) is 23.2 Å². The normalized spacial score (nSPS) is 19.7. The summed E-state index contributed by atoms with van der Waals surface area (Å²) in [5.41, 5.74) is 2.92. The van der Waals surface area contributed by atoms with E-state index < -0.39 is 5.60 Å². The van der Waals surface area contributed by atoms with Gasteiger partial charge in [-0.25, -0.2) is 0 Å². The molecule has 0 unspecified atom stereocenters. The first-order valence-electron chi connectivity index (χ1n) is 9.24. The lowest BCUT2D eigenvalue weighted by Crippen LogP contribution is -2.49. The predicted molar refractivity (Wildman–Crippen MR) is 109 cm³/mol. The second kappa shape index (κ2) is 7.74. The highest BCUT2D eigenvalue weighted by molar-refractivity contribution is 9.10. The third-order valence-corrected chi connectivity index (χ3v) is 6.14. The quantitative estimate of drug-likeness (QED) is 0.774. The molecule has 0 spiro atoms. The monoisotopic (exact) mass is 431 g/mol. The summed E-state index contributed by atoms with van der Waals surface area (Å²) in [6, 6.07) is 13.1. The molecule has 144 valence electrons. The molecule has 0 saturated carbocycles. The Kier molecular flexibility index (Phi) is 5.75. The Labute approximate surface area is 169 Å². The first-order chi connectivity index (χ1) is 12.7. The van der Waals surface area contributed by atoms with Crippen LogP contribution in [-0.4, -0.2) is 33.7 Å². The highest BCUT2D eigenvalue weighted by Gasteiger charge is 2.37. The van der Waals surface area contributed by atoms with E-state index in [0.717, 1.165) is 26.7 Å². The zero-order chi connectivity index (χ0) is 19.8. The van der Waals surface area contributed by atoms with E-state index in [0.29, 0.717) is 6.42 Å². The molecule has 5 heteroatoms. The van der Waals surface area contributed by atoms with E-state index in [-0.39, 0.29) is 31.0 Å². The number of aliphatic hydroxyl groups excluding tert-OH is 1. The Morgan fingerprint density at radius 2 is 1.93 bits per heavy atom. The van der Waals surface area contributed by atoms with Crippen molar-refractivity contribution in [3.05, 3.63) is 69.2 Å². The number of amides is 1. The number of carbonyl (C=O) groups is 1. The largest absolute Gasteiger partial charge is 0.394 e. The summed E-state index contributed by atoms with van der Waals surface area (Å²) >= 11 is 3.51. The van der Waals surface area contributed by atoms with Crippen molar-refractivity contribution in [2.75, 3.05) is 6.61 Å². The van der Waals surface area contributed by atoms with Crippen LogP contribution in [0, 0.1) is 0 Å². The van der Waals surface area contributed by atoms with Gasteiger partial charge in [-0.1, -0.05) is 52.3 Å². The number of hydrogen-bond donors (Lipinski definition) is 2. The van der Waals surface area contributed by atoms with Crippen molar-refractivity contribution in [3.8, 4) is 0 Å². The van der Waals surface area contributed by atoms with Gasteiger partial charge in [0.15, 0.2) is 0 Å². The third-order valence-electron chi connectivity index (χ3n) is 5.37. The fourth-order valence-electron chi connectivity index (χ4n) is 4.07. The topological polar surface area (TPSA) is 60.8 Å². The summed E-state index contributed by atoms with van der Waals surface area (Å²) in [6.07, 6.45) is 0.820. The van der Waals surface area contributed by atoms with E-state index in [4.69, 9.17) is 0 Å². The minimum Gasteiger partial charge on any atom is -0.394 e. The maximum Gasteiger partial charge on any atom is 0.227 e. The van der Waals surface area contributed by atoms with E-state index in [1.54, 1.807) is 18.7 Å². The lowest BCUT2D eigenvalue weighted by atomic mass is 9.81. The summed E-state index contributed by atoms with van der Waals surface area (Å²) in [4.78, 5) is 14.9. The zero-order valence-electron chi connectivity index (χ0n) is 15.9. The van der Waals surface area contributed by atoms with Crippen molar-refractivity contribution < 1.29 is 15.0 Å². The predicted octanol–water partition coefficient (Wildman–Crippen LogP) is 3.73. The second-order valence-corrected chi connectivity index (χ2v) is 8.57. The van der Waals surface area contributed by atoms with Crippen molar-refractivity contribution in [2.24, 2.45) is 0 Å². The highest BCUT2D eigenvalue weighted by Crippen LogP contribution is 2.38. The lowest BCUT2D eigenvalue weighted by molar-refractivity contribution is -0.137. The SMILES string of the molecule is C[C@H]1c2cccc(C(C)(C)O)c2C[C@H](CO)N1C(=O)Cc1ccccc1Br. The molecule has 0 bridgehead atoms. The van der Waals surface area contributed by atoms with E-state index >= 15 is 0 Å². The lowest BCUT2D eigenvalue weighted by Gasteiger charge is -2.43. The van der Waals surface area contributed by atoms with Gasteiger partial charge in [0, 0.05) is 4.47 Å². The van der Waals surface area contributed by atoms with Crippen molar-refractivity contribution in [2.45, 2.75) is 51.3 Å². The number of nitrogens with zero attached hydrogens (tertiary/aromatic N) is 1. The van der Waals surface area contributed by atoms with Gasteiger partial charge in [-0.05, 0) is 55.5 Å². The zero-order valence-corrected chi connectivity index (χ0v) is 17.5. The molecule has 0 fully saturated rings. The van der Waals surface area contributed by atoms with Crippen LogP contribution in [0.5, 0.6) is 0 Å². The fourth-order valence-corrected chi connectivity index (χ4v) is 4.49. The van der Waals surface area contributed by atoms with Crippen LogP contribution < -0.4 is 0 Å². The molecule has 2 aromatic rings. The standard InChI is InChI=1S/C22H26BrNO3/c1-14-17-8-6-9-19(22(2,3)27)18(17)12-16(13-25)24(14)21(26)11-15-7-4-5-10-20(15)23/h4-10,14,16,25,27H,11-13H2,1-3H3/t14-,16+/m0/s1. The van der Waals surface area contributed by atoms with E-state index in [1.807, 2.05) is 49.4 Å². The maximum absolute atomic E-state index is 13.1. The minimum atomic E-state index is -0.966. The van der Waals surface area contributed by atoms with Gasteiger partial charge in [0.1, 0.15) is 0 Å². The smallest absolute Gasteiger partial charge is 0.227 e. The molecule has 3 rings (SSSR count). The van der Waals surface area contributed by atoms with Gasteiger partial charge in [0.05, 0.1) is 30.7 Å². The van der Waals surface area contributed by atoms with E-state index in [2.05, 4.69) is 15.9 Å². The van der Waals surface area contributed by atoms with E-state index in [9.17, 15) is 15.0 Å². The maximum atomic E-state index is 13.1. The average molecular weight is 432 g/mol.